The van der Waals surface area contributed by atoms with Gasteiger partial charge in [-0.15, -0.1) is 12.4 Å². The van der Waals surface area contributed by atoms with E-state index < -0.39 is 25.9 Å². The van der Waals surface area contributed by atoms with Crippen LogP contribution in [0.1, 0.15) is 5.56 Å². The minimum atomic E-state index is -4.01. The van der Waals surface area contributed by atoms with Crippen molar-refractivity contribution >= 4 is 49.6 Å². The van der Waals surface area contributed by atoms with Crippen LogP contribution < -0.4 is 13.4 Å². The summed E-state index contributed by atoms with van der Waals surface area (Å²) in [5, 5.41) is 0. The van der Waals surface area contributed by atoms with Gasteiger partial charge in [-0.1, -0.05) is 0 Å². The average Bonchev–Trinajstić information content (AvgIpc) is 2.60. The zero-order valence-electron chi connectivity index (χ0n) is 17.2. The molecule has 2 aromatic carbocycles. The second kappa shape index (κ2) is 11.6. The first-order chi connectivity index (χ1) is 13.5. The Labute approximate surface area is 187 Å². The third kappa shape index (κ3) is 10.9. The normalized spacial score (nSPS) is 11.6. The Morgan fingerprint density at radius 1 is 0.800 bits per heavy atom. The van der Waals surface area contributed by atoms with Crippen LogP contribution in [-0.2, 0) is 21.8 Å². The first-order valence-electron chi connectivity index (χ1n) is 8.96. The van der Waals surface area contributed by atoms with Crippen LogP contribution in [0.25, 0.3) is 0 Å². The largest absolute Gasteiger partial charge is 0.147 e. The van der Waals surface area contributed by atoms with E-state index in [1.807, 2.05) is 19.2 Å². The van der Waals surface area contributed by atoms with Crippen molar-refractivity contribution in [2.75, 3.05) is 35.4 Å². The van der Waals surface area contributed by atoms with E-state index >= 15 is 0 Å². The number of benzene rings is 2. The molecule has 0 atom stereocenters. The molecule has 2 N–H and O–H groups in total. The topological polar surface area (TPSA) is 105 Å². The van der Waals surface area contributed by atoms with Gasteiger partial charge in [-0.05, 0) is 0 Å². The van der Waals surface area contributed by atoms with Crippen molar-refractivity contribution < 1.29 is 20.1 Å². The summed E-state index contributed by atoms with van der Waals surface area (Å²) in [5.74, 6) is 3.06. The van der Waals surface area contributed by atoms with E-state index in [9.17, 15) is 15.3 Å². The van der Waals surface area contributed by atoms with Crippen molar-refractivity contribution in [1.82, 2.24) is 4.90 Å². The number of nitrogens with zero attached hydrogens (tertiary/aromatic N) is 1. The van der Waals surface area contributed by atoms with Gasteiger partial charge in [0.05, 0.1) is 0 Å². The minimum absolute atomic E-state index is 0. The van der Waals surface area contributed by atoms with Gasteiger partial charge in [-0.25, -0.2) is 0 Å². The van der Waals surface area contributed by atoms with E-state index in [1.54, 1.807) is 36.4 Å². The van der Waals surface area contributed by atoms with Gasteiger partial charge >= 0.3 is 176 Å². The molecule has 0 saturated carbocycles. The fourth-order valence-electron chi connectivity index (χ4n) is 2.54. The Morgan fingerprint density at radius 3 is 1.73 bits per heavy atom. The fourth-order valence-corrected chi connectivity index (χ4v) is 4.91. The van der Waals surface area contributed by atoms with Gasteiger partial charge in [0.2, 0.25) is 0 Å². The van der Waals surface area contributed by atoms with Crippen LogP contribution in [-0.4, -0.2) is 57.5 Å². The van der Waals surface area contributed by atoms with Crippen LogP contribution in [0.3, 0.4) is 0 Å². The molecule has 168 valence electrons. The maximum absolute atomic E-state index is 11.3. The fraction of sp³-hybridized carbons (Fsp3) is 0.368. The summed E-state index contributed by atoms with van der Waals surface area (Å²) in [6.07, 6.45) is 0.843. The number of hydrogen-bond donors (Lipinski definition) is 2. The van der Waals surface area contributed by atoms with Crippen LogP contribution >= 0.6 is 12.4 Å². The van der Waals surface area contributed by atoms with Crippen molar-refractivity contribution in [3.05, 3.63) is 54.1 Å². The maximum Gasteiger partial charge on any atom is -0.147 e. The van der Waals surface area contributed by atoms with Crippen LogP contribution in [0.15, 0.2) is 48.5 Å². The molecule has 0 aliphatic rings. The number of ether oxygens (including phenoxy) is 1. The number of likely N-dealkylation sites (N-methyl/N-ethyl adjacent to an activating group) is 1. The summed E-state index contributed by atoms with van der Waals surface area (Å²) in [7, 11) is 2.01. The summed E-state index contributed by atoms with van der Waals surface area (Å²) < 4.78 is 55.8. The number of rotatable bonds is 11. The SMILES string of the molecule is CN(CCOc1ccc(N[Se](C)(=O)=O)cc1)CCc1ccc(N[Se](C)(=O)=O)cc1.Cl. The van der Waals surface area contributed by atoms with Crippen LogP contribution in [0, 0.1) is 0 Å². The van der Waals surface area contributed by atoms with Gasteiger partial charge in [0.1, 0.15) is 0 Å². The molecule has 2 aromatic rings. The number of hydrogen-bond acceptors (Lipinski definition) is 6. The smallest absolute Gasteiger partial charge is 0.147 e. The van der Waals surface area contributed by atoms with E-state index in [1.165, 1.54) is 11.6 Å². The molecule has 0 amide bonds. The van der Waals surface area contributed by atoms with Gasteiger partial charge in [-0.2, -0.15) is 0 Å². The molecule has 0 aromatic heterocycles. The van der Waals surface area contributed by atoms with Crippen molar-refractivity contribution in [1.29, 1.82) is 0 Å². The third-order valence-corrected chi connectivity index (χ3v) is 6.48. The van der Waals surface area contributed by atoms with Gasteiger partial charge in [0.25, 0.3) is 0 Å². The Kier molecular flexibility index (Phi) is 10.2. The molecule has 2 rings (SSSR count). The molecular formula is C19H28ClN3O5Se2. The van der Waals surface area contributed by atoms with E-state index in [4.69, 9.17) is 4.74 Å². The third-order valence-electron chi connectivity index (χ3n) is 3.94. The molecule has 0 spiro atoms. The second-order valence-electron chi connectivity index (χ2n) is 6.87. The molecule has 0 aliphatic heterocycles. The Bertz CT molecular complexity index is 995. The Balaban J connectivity index is 0.00000450. The molecule has 0 aliphatic carbocycles. The molecule has 11 heteroatoms. The van der Waals surface area contributed by atoms with E-state index in [2.05, 4.69) is 13.6 Å². The average molecular weight is 572 g/mol. The summed E-state index contributed by atoms with van der Waals surface area (Å²) in [6, 6.07) is 14.2. The monoisotopic (exact) mass is 573 g/mol. The Morgan fingerprint density at radius 2 is 1.27 bits per heavy atom. The molecule has 0 radical (unpaired) electrons. The molecule has 0 unspecified atom stereocenters. The van der Waals surface area contributed by atoms with Gasteiger partial charge in [0.15, 0.2) is 0 Å². The molecule has 30 heavy (non-hydrogen) atoms. The summed E-state index contributed by atoms with van der Waals surface area (Å²) in [5.41, 5.74) is 2.24. The van der Waals surface area contributed by atoms with Crippen molar-refractivity contribution in [3.8, 4) is 5.75 Å². The van der Waals surface area contributed by atoms with Crippen LogP contribution in [0.2, 0.25) is 11.6 Å². The number of nitrogens with one attached hydrogen (secondary N) is 2. The first kappa shape index (κ1) is 26.4. The second-order valence-corrected chi connectivity index (χ2v) is 14.2. The van der Waals surface area contributed by atoms with E-state index in [0.717, 1.165) is 25.1 Å². The maximum atomic E-state index is 11.3. The van der Waals surface area contributed by atoms with Crippen LogP contribution in [0.5, 0.6) is 5.75 Å². The van der Waals surface area contributed by atoms with E-state index in [-0.39, 0.29) is 12.4 Å². The summed E-state index contributed by atoms with van der Waals surface area (Å²) in [4.78, 5) is 2.15. The zero-order valence-corrected chi connectivity index (χ0v) is 21.4. The predicted octanol–water partition coefficient (Wildman–Crippen LogP) is 3.34. The number of halogens is 1. The standard InChI is InChI=1S/C19H27N3O5Se2.ClH/c1-22(13-12-16-4-6-17(7-5-16)20-28(2,23)24)14-15-27-19-10-8-18(9-11-19)21-29(3,25)26;/h4-11,20-21H,12-15H2,1-3H3;1H. The Hall–Kier alpha value is -1.67. The molecule has 0 saturated heterocycles. The molecular weight excluding hydrogens is 544 g/mol. The predicted molar refractivity (Wildman–Crippen MR) is 120 cm³/mol. The molecule has 8 nitrogen and oxygen atoms in total. The quantitative estimate of drug-likeness (QED) is 0.396. The summed E-state index contributed by atoms with van der Waals surface area (Å²) >= 11 is -7.99. The van der Waals surface area contributed by atoms with Crippen molar-refractivity contribution in [2.45, 2.75) is 18.1 Å². The van der Waals surface area contributed by atoms with Gasteiger partial charge < -0.3 is 0 Å². The zero-order chi connectivity index (χ0) is 21.5. The van der Waals surface area contributed by atoms with E-state index in [0.29, 0.717) is 23.7 Å². The summed E-state index contributed by atoms with van der Waals surface area (Å²) in [6.45, 7) is 2.09. The molecule has 0 bridgehead atoms. The van der Waals surface area contributed by atoms with Crippen molar-refractivity contribution in [3.63, 3.8) is 0 Å². The molecule has 0 fully saturated rings. The molecule has 0 heterocycles. The van der Waals surface area contributed by atoms with Crippen molar-refractivity contribution in [2.24, 2.45) is 0 Å². The number of anilines is 2. The van der Waals surface area contributed by atoms with Crippen LogP contribution in [0.4, 0.5) is 11.4 Å². The minimum Gasteiger partial charge on any atom is -0.147 e. The van der Waals surface area contributed by atoms with Gasteiger partial charge in [0, 0.05) is 0 Å². The first-order valence-corrected chi connectivity index (χ1v) is 16.9. The van der Waals surface area contributed by atoms with Gasteiger partial charge in [-0.3, -0.25) is 0 Å².